The van der Waals surface area contributed by atoms with Crippen LogP contribution in [0.15, 0.2) is 6.07 Å². The highest BCUT2D eigenvalue weighted by molar-refractivity contribution is 5.97. The van der Waals surface area contributed by atoms with E-state index in [4.69, 9.17) is 5.73 Å². The highest BCUT2D eigenvalue weighted by Crippen LogP contribution is 2.24. The molecule has 0 radical (unpaired) electrons. The van der Waals surface area contributed by atoms with Gasteiger partial charge in [0, 0.05) is 12.1 Å². The van der Waals surface area contributed by atoms with Crippen LogP contribution in [0.4, 0.5) is 0 Å². The van der Waals surface area contributed by atoms with E-state index in [1.807, 2.05) is 13.8 Å². The Kier molecular flexibility index (Phi) is 6.75. The lowest BCUT2D eigenvalue weighted by Gasteiger charge is -2.24. The van der Waals surface area contributed by atoms with E-state index in [2.05, 4.69) is 24.8 Å². The zero-order valence-corrected chi connectivity index (χ0v) is 14.5. The normalized spacial score (nSPS) is 11.0. The number of carbonyl (C=O) groups is 2. The summed E-state index contributed by atoms with van der Waals surface area (Å²) in [5.74, 6) is -0.225. The van der Waals surface area contributed by atoms with Crippen molar-refractivity contribution in [3.8, 4) is 0 Å². The number of nitrogens with zero attached hydrogens (tertiary/aromatic N) is 1. The number of rotatable bonds is 8. The molecule has 0 aliphatic heterocycles. The lowest BCUT2D eigenvalue weighted by molar-refractivity contribution is -0.119. The van der Waals surface area contributed by atoms with E-state index in [1.54, 1.807) is 6.92 Å². The molecule has 0 aliphatic rings. The van der Waals surface area contributed by atoms with Gasteiger partial charge in [0.25, 0.3) is 0 Å². The van der Waals surface area contributed by atoms with Gasteiger partial charge in [-0.25, -0.2) is 0 Å². The van der Waals surface area contributed by atoms with Crippen molar-refractivity contribution in [1.29, 1.82) is 0 Å². The first kappa shape index (κ1) is 18.4. The topological polar surface area (TPSA) is 63.4 Å². The molecule has 0 spiro atoms. The minimum atomic E-state index is -0.315. The average Bonchev–Trinajstić information content (AvgIpc) is 2.39. The SMILES string of the molecule is CCCCN(CC(N)=O)Cc1c(C)cc(C)c(C(C)=O)c1C. The van der Waals surface area contributed by atoms with E-state index in [9.17, 15) is 9.59 Å². The molecule has 0 heterocycles. The van der Waals surface area contributed by atoms with Gasteiger partial charge in [-0.05, 0) is 62.9 Å². The van der Waals surface area contributed by atoms with Crippen LogP contribution < -0.4 is 5.73 Å². The number of nitrogens with two attached hydrogens (primary N) is 1. The van der Waals surface area contributed by atoms with Crippen molar-refractivity contribution in [1.82, 2.24) is 4.90 Å². The molecule has 2 N–H and O–H groups in total. The Morgan fingerprint density at radius 1 is 1.18 bits per heavy atom. The number of hydrogen-bond acceptors (Lipinski definition) is 3. The Hall–Kier alpha value is -1.68. The lowest BCUT2D eigenvalue weighted by Crippen LogP contribution is -2.34. The standard InChI is InChI=1S/C18H28N2O2/c1-6-7-8-20(11-17(19)22)10-16-12(2)9-13(3)18(14(16)4)15(5)21/h9H,6-8,10-11H2,1-5H3,(H2,19,22). The first-order valence-corrected chi connectivity index (χ1v) is 7.89. The van der Waals surface area contributed by atoms with Crippen LogP contribution >= 0.6 is 0 Å². The van der Waals surface area contributed by atoms with Crippen molar-refractivity contribution in [2.45, 2.75) is 54.0 Å². The Labute approximate surface area is 133 Å². The molecule has 0 bridgehead atoms. The highest BCUT2D eigenvalue weighted by atomic mass is 16.1. The quantitative estimate of drug-likeness (QED) is 0.751. The molecule has 0 unspecified atom stereocenters. The van der Waals surface area contributed by atoms with Gasteiger partial charge in [-0.15, -0.1) is 0 Å². The zero-order chi connectivity index (χ0) is 16.9. The second-order valence-corrected chi connectivity index (χ2v) is 6.08. The van der Waals surface area contributed by atoms with Crippen molar-refractivity contribution in [3.05, 3.63) is 33.9 Å². The molecule has 1 rings (SSSR count). The Bertz CT molecular complexity index is 565. The molecule has 0 saturated heterocycles. The number of ketones is 1. The Balaban J connectivity index is 3.15. The molecule has 1 aromatic rings. The number of benzene rings is 1. The third-order valence-electron chi connectivity index (χ3n) is 4.07. The van der Waals surface area contributed by atoms with Gasteiger partial charge in [-0.2, -0.15) is 0 Å². The molecule has 22 heavy (non-hydrogen) atoms. The Morgan fingerprint density at radius 2 is 1.82 bits per heavy atom. The van der Waals surface area contributed by atoms with Crippen LogP contribution in [0.3, 0.4) is 0 Å². The summed E-state index contributed by atoms with van der Waals surface area (Å²) in [7, 11) is 0. The van der Waals surface area contributed by atoms with Crippen molar-refractivity contribution >= 4 is 11.7 Å². The van der Waals surface area contributed by atoms with E-state index < -0.39 is 0 Å². The van der Waals surface area contributed by atoms with Crippen LogP contribution in [-0.2, 0) is 11.3 Å². The Morgan fingerprint density at radius 3 is 2.32 bits per heavy atom. The van der Waals surface area contributed by atoms with Crippen molar-refractivity contribution in [2.75, 3.05) is 13.1 Å². The molecule has 1 aromatic carbocycles. The molecule has 0 aromatic heterocycles. The number of amides is 1. The fraction of sp³-hybridized carbons (Fsp3) is 0.556. The van der Waals surface area contributed by atoms with Gasteiger partial charge in [0.1, 0.15) is 0 Å². The fourth-order valence-corrected chi connectivity index (χ4v) is 3.05. The van der Waals surface area contributed by atoms with Crippen LogP contribution in [0.1, 0.15) is 59.3 Å². The molecule has 0 saturated carbocycles. The summed E-state index contributed by atoms with van der Waals surface area (Å²) in [6, 6.07) is 2.06. The van der Waals surface area contributed by atoms with Gasteiger partial charge >= 0.3 is 0 Å². The fourth-order valence-electron chi connectivity index (χ4n) is 3.05. The lowest BCUT2D eigenvalue weighted by atomic mass is 9.91. The maximum atomic E-state index is 11.9. The number of Topliss-reactive ketones (excluding diaryl/α,β-unsaturated/α-hetero) is 1. The maximum absolute atomic E-state index is 11.9. The van der Waals surface area contributed by atoms with Crippen molar-refractivity contribution in [2.24, 2.45) is 5.73 Å². The van der Waals surface area contributed by atoms with Gasteiger partial charge in [-0.1, -0.05) is 19.4 Å². The molecular formula is C18H28N2O2. The second-order valence-electron chi connectivity index (χ2n) is 6.08. The second kappa shape index (κ2) is 8.08. The van der Waals surface area contributed by atoms with Gasteiger partial charge < -0.3 is 5.73 Å². The highest BCUT2D eigenvalue weighted by Gasteiger charge is 2.17. The van der Waals surface area contributed by atoms with Crippen LogP contribution in [0.2, 0.25) is 0 Å². The van der Waals surface area contributed by atoms with E-state index in [1.165, 1.54) is 0 Å². The molecular weight excluding hydrogens is 276 g/mol. The van der Waals surface area contributed by atoms with E-state index in [0.717, 1.165) is 47.2 Å². The number of aryl methyl sites for hydroxylation is 2. The molecule has 0 fully saturated rings. The average molecular weight is 304 g/mol. The number of carbonyl (C=O) groups excluding carboxylic acids is 2. The third kappa shape index (κ3) is 4.67. The smallest absolute Gasteiger partial charge is 0.231 e. The molecule has 4 nitrogen and oxygen atoms in total. The summed E-state index contributed by atoms with van der Waals surface area (Å²) in [5.41, 5.74) is 10.5. The molecule has 0 aliphatic carbocycles. The van der Waals surface area contributed by atoms with Gasteiger partial charge in [0.2, 0.25) is 5.91 Å². The number of unbranched alkanes of at least 4 members (excludes halogenated alkanes) is 1. The summed E-state index contributed by atoms with van der Waals surface area (Å²) >= 11 is 0. The van der Waals surface area contributed by atoms with Crippen LogP contribution in [-0.4, -0.2) is 29.7 Å². The molecule has 1 amide bonds. The zero-order valence-electron chi connectivity index (χ0n) is 14.5. The molecule has 4 heteroatoms. The van der Waals surface area contributed by atoms with Crippen molar-refractivity contribution < 1.29 is 9.59 Å². The van der Waals surface area contributed by atoms with Crippen LogP contribution in [0.5, 0.6) is 0 Å². The van der Waals surface area contributed by atoms with Crippen LogP contribution in [0, 0.1) is 20.8 Å². The molecule has 0 atom stereocenters. The van der Waals surface area contributed by atoms with E-state index in [-0.39, 0.29) is 18.2 Å². The summed E-state index contributed by atoms with van der Waals surface area (Å²) in [4.78, 5) is 25.3. The van der Waals surface area contributed by atoms with Gasteiger partial charge in [0.15, 0.2) is 5.78 Å². The summed E-state index contributed by atoms with van der Waals surface area (Å²) < 4.78 is 0. The largest absolute Gasteiger partial charge is 0.369 e. The third-order valence-corrected chi connectivity index (χ3v) is 4.07. The monoisotopic (exact) mass is 304 g/mol. The summed E-state index contributed by atoms with van der Waals surface area (Å²) in [6.45, 7) is 11.5. The predicted octanol–water partition coefficient (Wildman–Crippen LogP) is 2.90. The first-order chi connectivity index (χ1) is 10.3. The minimum Gasteiger partial charge on any atom is -0.369 e. The summed E-state index contributed by atoms with van der Waals surface area (Å²) in [6.07, 6.45) is 2.09. The molecule has 122 valence electrons. The van der Waals surface area contributed by atoms with Crippen LogP contribution in [0.25, 0.3) is 0 Å². The minimum absolute atomic E-state index is 0.0891. The van der Waals surface area contributed by atoms with E-state index >= 15 is 0 Å². The predicted molar refractivity (Wildman–Crippen MR) is 90.0 cm³/mol. The van der Waals surface area contributed by atoms with Gasteiger partial charge in [0.05, 0.1) is 6.54 Å². The maximum Gasteiger partial charge on any atom is 0.231 e. The summed E-state index contributed by atoms with van der Waals surface area (Å²) in [5, 5.41) is 0. The van der Waals surface area contributed by atoms with Crippen molar-refractivity contribution in [3.63, 3.8) is 0 Å². The number of primary amides is 1. The number of hydrogen-bond donors (Lipinski definition) is 1. The van der Waals surface area contributed by atoms with Gasteiger partial charge in [-0.3, -0.25) is 14.5 Å². The van der Waals surface area contributed by atoms with E-state index in [0.29, 0.717) is 6.54 Å². The first-order valence-electron chi connectivity index (χ1n) is 7.89.